The fourth-order valence-electron chi connectivity index (χ4n) is 1.27. The predicted molar refractivity (Wildman–Crippen MR) is 64.2 cm³/mol. The summed E-state index contributed by atoms with van der Waals surface area (Å²) in [5, 5.41) is 12.5. The van der Waals surface area contributed by atoms with Gasteiger partial charge in [0.1, 0.15) is 0 Å². The van der Waals surface area contributed by atoms with Crippen LogP contribution in [0.2, 0.25) is 0 Å². The lowest BCUT2D eigenvalue weighted by Gasteiger charge is -2.07. The summed E-state index contributed by atoms with van der Waals surface area (Å²) in [7, 11) is 1.39. The van der Waals surface area contributed by atoms with E-state index in [1.54, 1.807) is 0 Å². The lowest BCUT2D eigenvalue weighted by Crippen LogP contribution is -2.21. The normalized spacial score (nSPS) is 13.6. The summed E-state index contributed by atoms with van der Waals surface area (Å²) in [6.07, 6.45) is 3.79. The van der Waals surface area contributed by atoms with E-state index < -0.39 is 0 Å². The fraction of sp³-hybridized carbons (Fsp3) is 0.750. The number of carbonyl (C=O) groups excluding carboxylic acids is 1. The molecule has 0 heterocycles. The molecule has 0 fully saturated rings. The first kappa shape index (κ1) is 15.1. The fourth-order valence-corrected chi connectivity index (χ4v) is 1.27. The average Bonchev–Trinajstić information content (AvgIpc) is 2.32. The molecule has 0 radical (unpaired) electrons. The molecule has 0 aromatic heterocycles. The number of aliphatic hydroxyl groups excluding tert-OH is 1. The third-order valence-electron chi connectivity index (χ3n) is 2.45. The van der Waals surface area contributed by atoms with Crippen LogP contribution in [0.3, 0.4) is 0 Å². The van der Waals surface area contributed by atoms with Crippen LogP contribution in [0.25, 0.3) is 0 Å². The second-order valence-electron chi connectivity index (χ2n) is 3.63. The Morgan fingerprint density at radius 1 is 1.50 bits per heavy atom. The van der Waals surface area contributed by atoms with E-state index in [4.69, 9.17) is 0 Å². The molecule has 0 bridgehead atoms. The zero-order valence-electron chi connectivity index (χ0n) is 10.5. The van der Waals surface area contributed by atoms with Gasteiger partial charge in [-0.2, -0.15) is 0 Å². The van der Waals surface area contributed by atoms with E-state index in [1.165, 1.54) is 7.11 Å². The van der Waals surface area contributed by atoms with Gasteiger partial charge < -0.3 is 15.2 Å². The maximum atomic E-state index is 11.2. The highest BCUT2D eigenvalue weighted by molar-refractivity contribution is 5.88. The van der Waals surface area contributed by atoms with E-state index in [0.29, 0.717) is 18.5 Å². The second-order valence-corrected chi connectivity index (χ2v) is 3.63. The Morgan fingerprint density at radius 3 is 2.69 bits per heavy atom. The monoisotopic (exact) mass is 229 g/mol. The van der Waals surface area contributed by atoms with Gasteiger partial charge in [-0.25, -0.2) is 4.79 Å². The summed E-state index contributed by atoms with van der Waals surface area (Å²) >= 11 is 0. The lowest BCUT2D eigenvalue weighted by molar-refractivity contribution is -0.136. The summed E-state index contributed by atoms with van der Waals surface area (Å²) in [6.45, 7) is 5.26. The highest BCUT2D eigenvalue weighted by atomic mass is 16.5. The van der Waals surface area contributed by atoms with E-state index in [2.05, 4.69) is 10.1 Å². The number of carbonyl (C=O) groups is 1. The number of aliphatic hydroxyl groups is 1. The van der Waals surface area contributed by atoms with Crippen LogP contribution in [-0.2, 0) is 9.53 Å². The first-order valence-electron chi connectivity index (χ1n) is 5.81. The van der Waals surface area contributed by atoms with E-state index in [0.717, 1.165) is 19.4 Å². The summed E-state index contributed by atoms with van der Waals surface area (Å²) in [6, 6.07) is 0. The highest BCUT2D eigenvalue weighted by Gasteiger charge is 2.05. The first-order chi connectivity index (χ1) is 7.65. The van der Waals surface area contributed by atoms with Gasteiger partial charge in [0.15, 0.2) is 0 Å². The highest BCUT2D eigenvalue weighted by Crippen LogP contribution is 2.01. The Hall–Kier alpha value is -0.870. The molecular formula is C12H23NO3. The minimum absolute atomic E-state index is 0.234. The topological polar surface area (TPSA) is 58.6 Å². The molecule has 0 aromatic rings. The number of rotatable bonds is 8. The SMILES string of the molecule is CC/C(=C/CNCCC(O)CC)C(=O)OC. The summed E-state index contributed by atoms with van der Waals surface area (Å²) < 4.78 is 4.64. The smallest absolute Gasteiger partial charge is 0.333 e. The Morgan fingerprint density at radius 2 is 2.19 bits per heavy atom. The van der Waals surface area contributed by atoms with Gasteiger partial charge in [0, 0.05) is 12.1 Å². The maximum absolute atomic E-state index is 11.2. The molecule has 0 aliphatic carbocycles. The zero-order valence-corrected chi connectivity index (χ0v) is 10.5. The molecule has 0 aromatic carbocycles. The van der Waals surface area contributed by atoms with Gasteiger partial charge in [-0.1, -0.05) is 19.9 Å². The minimum Gasteiger partial charge on any atom is -0.466 e. The van der Waals surface area contributed by atoms with Crippen molar-refractivity contribution in [2.45, 2.75) is 39.2 Å². The Labute approximate surface area is 97.7 Å². The van der Waals surface area contributed by atoms with E-state index >= 15 is 0 Å². The maximum Gasteiger partial charge on any atom is 0.333 e. The molecule has 0 saturated heterocycles. The molecule has 0 rings (SSSR count). The summed E-state index contributed by atoms with van der Waals surface area (Å²) in [5.41, 5.74) is 0.686. The molecule has 94 valence electrons. The molecule has 4 heteroatoms. The Balaban J connectivity index is 3.76. The molecule has 4 nitrogen and oxygen atoms in total. The molecule has 0 amide bonds. The average molecular weight is 229 g/mol. The van der Waals surface area contributed by atoms with Crippen molar-refractivity contribution < 1.29 is 14.6 Å². The first-order valence-corrected chi connectivity index (χ1v) is 5.81. The van der Waals surface area contributed by atoms with E-state index in [1.807, 2.05) is 19.9 Å². The standard InChI is InChI=1S/C12H23NO3/c1-4-10(12(15)16-3)6-8-13-9-7-11(14)5-2/h6,11,13-14H,4-5,7-9H2,1-3H3/b10-6-. The quantitative estimate of drug-likeness (QED) is 0.373. The van der Waals surface area contributed by atoms with E-state index in [9.17, 15) is 9.90 Å². The van der Waals surface area contributed by atoms with Crippen molar-refractivity contribution in [2.24, 2.45) is 0 Å². The van der Waals surface area contributed by atoms with Crippen LogP contribution in [0, 0.1) is 0 Å². The summed E-state index contributed by atoms with van der Waals surface area (Å²) in [4.78, 5) is 11.2. The second kappa shape index (κ2) is 9.36. The third kappa shape index (κ3) is 6.58. The van der Waals surface area contributed by atoms with Gasteiger partial charge in [0.05, 0.1) is 13.2 Å². The van der Waals surface area contributed by atoms with Crippen LogP contribution in [0.4, 0.5) is 0 Å². The van der Waals surface area contributed by atoms with Crippen molar-refractivity contribution in [1.82, 2.24) is 5.32 Å². The van der Waals surface area contributed by atoms with Gasteiger partial charge in [-0.05, 0) is 25.8 Å². The molecule has 0 aliphatic heterocycles. The van der Waals surface area contributed by atoms with E-state index in [-0.39, 0.29) is 12.1 Å². The number of ether oxygens (including phenoxy) is 1. The van der Waals surface area contributed by atoms with Crippen molar-refractivity contribution in [2.75, 3.05) is 20.2 Å². The molecule has 2 N–H and O–H groups in total. The van der Waals surface area contributed by atoms with Crippen LogP contribution in [0.5, 0.6) is 0 Å². The number of hydrogen-bond donors (Lipinski definition) is 2. The van der Waals surface area contributed by atoms with Crippen molar-refractivity contribution in [3.05, 3.63) is 11.6 Å². The van der Waals surface area contributed by atoms with Gasteiger partial charge in [-0.3, -0.25) is 0 Å². The molecular weight excluding hydrogens is 206 g/mol. The van der Waals surface area contributed by atoms with Crippen molar-refractivity contribution in [3.8, 4) is 0 Å². The Bertz CT molecular complexity index is 226. The predicted octanol–water partition coefficient (Wildman–Crippen LogP) is 1.25. The molecule has 0 saturated carbocycles. The molecule has 16 heavy (non-hydrogen) atoms. The minimum atomic E-state index is -0.266. The van der Waals surface area contributed by atoms with Gasteiger partial charge in [0.2, 0.25) is 0 Å². The largest absolute Gasteiger partial charge is 0.466 e. The molecule has 1 unspecified atom stereocenters. The van der Waals surface area contributed by atoms with Crippen LogP contribution in [0.1, 0.15) is 33.1 Å². The summed E-state index contributed by atoms with van der Waals surface area (Å²) in [5.74, 6) is -0.266. The number of methoxy groups -OCH3 is 1. The van der Waals surface area contributed by atoms with Gasteiger partial charge in [-0.15, -0.1) is 0 Å². The van der Waals surface area contributed by atoms with Crippen LogP contribution >= 0.6 is 0 Å². The zero-order chi connectivity index (χ0) is 12.4. The van der Waals surface area contributed by atoms with Gasteiger partial charge >= 0.3 is 5.97 Å². The van der Waals surface area contributed by atoms with Crippen LogP contribution < -0.4 is 5.32 Å². The third-order valence-corrected chi connectivity index (χ3v) is 2.45. The Kier molecular flexibility index (Phi) is 8.85. The van der Waals surface area contributed by atoms with Crippen LogP contribution in [-0.4, -0.2) is 37.4 Å². The van der Waals surface area contributed by atoms with Crippen molar-refractivity contribution >= 4 is 5.97 Å². The number of nitrogens with one attached hydrogen (secondary N) is 1. The lowest BCUT2D eigenvalue weighted by atomic mass is 10.2. The van der Waals surface area contributed by atoms with Gasteiger partial charge in [0.25, 0.3) is 0 Å². The number of hydrogen-bond acceptors (Lipinski definition) is 4. The van der Waals surface area contributed by atoms with Crippen molar-refractivity contribution in [3.63, 3.8) is 0 Å². The molecule has 1 atom stereocenters. The van der Waals surface area contributed by atoms with Crippen molar-refractivity contribution in [1.29, 1.82) is 0 Å². The molecule has 0 spiro atoms. The van der Waals surface area contributed by atoms with Crippen LogP contribution in [0.15, 0.2) is 11.6 Å². The number of esters is 1. The molecule has 0 aliphatic rings.